The van der Waals surface area contributed by atoms with Crippen molar-refractivity contribution in [1.82, 2.24) is 10.1 Å². The number of hydrogen-bond donors (Lipinski definition) is 1. The number of halogens is 1. The van der Waals surface area contributed by atoms with Crippen molar-refractivity contribution in [1.29, 1.82) is 0 Å². The van der Waals surface area contributed by atoms with Crippen molar-refractivity contribution in [3.05, 3.63) is 59.7 Å². The van der Waals surface area contributed by atoms with Gasteiger partial charge in [0.1, 0.15) is 12.1 Å². The number of carboxylic acids is 1. The van der Waals surface area contributed by atoms with Gasteiger partial charge < -0.3 is 14.0 Å². The van der Waals surface area contributed by atoms with E-state index in [1.165, 1.54) is 12.1 Å². The molecule has 0 saturated carbocycles. The summed E-state index contributed by atoms with van der Waals surface area (Å²) >= 11 is 0. The minimum absolute atomic E-state index is 0.160. The number of aromatic carboxylic acids is 1. The van der Waals surface area contributed by atoms with Gasteiger partial charge in [-0.3, -0.25) is 0 Å². The lowest BCUT2D eigenvalue weighted by Gasteiger charge is -1.93. The first-order chi connectivity index (χ1) is 10.1. The highest BCUT2D eigenvalue weighted by Gasteiger charge is 2.13. The van der Waals surface area contributed by atoms with Gasteiger partial charge in [-0.15, -0.1) is 0 Å². The molecule has 0 spiro atoms. The minimum atomic E-state index is -1.16. The number of rotatable bonds is 4. The van der Waals surface area contributed by atoms with E-state index in [0.717, 1.165) is 6.26 Å². The molecular formula is C14H9FN2O4. The second-order valence-electron chi connectivity index (χ2n) is 4.30. The Hall–Kier alpha value is -2.96. The van der Waals surface area contributed by atoms with Crippen molar-refractivity contribution < 1.29 is 23.2 Å². The SMILES string of the molecule is O=C(O)c1coc(Cc2cc(-c3ccc(F)cc3)on2)n1. The van der Waals surface area contributed by atoms with Gasteiger partial charge in [0.15, 0.2) is 11.5 Å². The summed E-state index contributed by atoms with van der Waals surface area (Å²) < 4.78 is 23.0. The van der Waals surface area contributed by atoms with E-state index >= 15 is 0 Å². The van der Waals surface area contributed by atoms with Crippen molar-refractivity contribution in [2.45, 2.75) is 6.42 Å². The summed E-state index contributed by atoms with van der Waals surface area (Å²) in [6.45, 7) is 0. The van der Waals surface area contributed by atoms with Gasteiger partial charge in [0, 0.05) is 11.6 Å². The van der Waals surface area contributed by atoms with Crippen LogP contribution in [0.5, 0.6) is 0 Å². The molecule has 0 aliphatic rings. The first-order valence-corrected chi connectivity index (χ1v) is 6.01. The number of oxazole rings is 1. The fraction of sp³-hybridized carbons (Fsp3) is 0.0714. The summed E-state index contributed by atoms with van der Waals surface area (Å²) in [7, 11) is 0. The van der Waals surface area contributed by atoms with Crippen LogP contribution in [0.1, 0.15) is 22.1 Å². The van der Waals surface area contributed by atoms with Crippen LogP contribution in [0, 0.1) is 5.82 Å². The number of nitrogens with zero attached hydrogens (tertiary/aromatic N) is 2. The van der Waals surface area contributed by atoms with Gasteiger partial charge in [-0.05, 0) is 24.3 Å². The van der Waals surface area contributed by atoms with E-state index in [2.05, 4.69) is 10.1 Å². The Morgan fingerprint density at radius 2 is 2.05 bits per heavy atom. The molecular weight excluding hydrogens is 279 g/mol. The van der Waals surface area contributed by atoms with E-state index in [0.29, 0.717) is 17.0 Å². The zero-order valence-corrected chi connectivity index (χ0v) is 10.6. The predicted octanol–water partition coefficient (Wildman–Crippen LogP) is 2.76. The van der Waals surface area contributed by atoms with Gasteiger partial charge in [-0.1, -0.05) is 5.16 Å². The molecule has 6 nitrogen and oxygen atoms in total. The molecule has 0 saturated heterocycles. The summed E-state index contributed by atoms with van der Waals surface area (Å²) in [5, 5.41) is 12.6. The molecule has 1 aromatic carbocycles. The third kappa shape index (κ3) is 2.81. The molecule has 21 heavy (non-hydrogen) atoms. The lowest BCUT2D eigenvalue weighted by Crippen LogP contribution is -1.97. The highest BCUT2D eigenvalue weighted by atomic mass is 19.1. The highest BCUT2D eigenvalue weighted by Crippen LogP contribution is 2.21. The van der Waals surface area contributed by atoms with E-state index in [-0.39, 0.29) is 23.8 Å². The van der Waals surface area contributed by atoms with Gasteiger partial charge in [0.2, 0.25) is 5.89 Å². The molecule has 0 fully saturated rings. The molecule has 0 aliphatic carbocycles. The van der Waals surface area contributed by atoms with Gasteiger partial charge in [-0.25, -0.2) is 14.2 Å². The largest absolute Gasteiger partial charge is 0.476 e. The van der Waals surface area contributed by atoms with E-state index < -0.39 is 5.97 Å². The topological polar surface area (TPSA) is 89.4 Å². The molecule has 2 aromatic heterocycles. The van der Waals surface area contributed by atoms with Crippen LogP contribution in [-0.2, 0) is 6.42 Å². The Morgan fingerprint density at radius 1 is 1.29 bits per heavy atom. The van der Waals surface area contributed by atoms with Gasteiger partial charge in [0.25, 0.3) is 0 Å². The van der Waals surface area contributed by atoms with Crippen molar-refractivity contribution >= 4 is 5.97 Å². The smallest absolute Gasteiger partial charge is 0.357 e. The molecule has 106 valence electrons. The van der Waals surface area contributed by atoms with Crippen LogP contribution >= 0.6 is 0 Å². The molecule has 1 N–H and O–H groups in total. The van der Waals surface area contributed by atoms with Crippen LogP contribution < -0.4 is 0 Å². The molecule has 0 atom stereocenters. The van der Waals surface area contributed by atoms with Crippen molar-refractivity contribution in [2.75, 3.05) is 0 Å². The zero-order valence-electron chi connectivity index (χ0n) is 10.6. The zero-order chi connectivity index (χ0) is 14.8. The first-order valence-electron chi connectivity index (χ1n) is 6.01. The highest BCUT2D eigenvalue weighted by molar-refractivity contribution is 5.84. The maximum Gasteiger partial charge on any atom is 0.357 e. The molecule has 0 radical (unpaired) electrons. The average molecular weight is 288 g/mol. The summed E-state index contributed by atoms with van der Waals surface area (Å²) in [6, 6.07) is 7.47. The minimum Gasteiger partial charge on any atom is -0.476 e. The molecule has 3 rings (SSSR count). The monoisotopic (exact) mass is 288 g/mol. The lowest BCUT2D eigenvalue weighted by molar-refractivity contribution is 0.0690. The second-order valence-corrected chi connectivity index (χ2v) is 4.30. The Labute approximate surface area is 117 Å². The van der Waals surface area contributed by atoms with E-state index in [1.807, 2.05) is 0 Å². The molecule has 0 amide bonds. The number of carbonyl (C=O) groups is 1. The molecule has 0 unspecified atom stereocenters. The maximum absolute atomic E-state index is 12.8. The van der Waals surface area contributed by atoms with Crippen LogP contribution in [0.4, 0.5) is 4.39 Å². The molecule has 0 bridgehead atoms. The standard InChI is InChI=1S/C14H9FN2O4/c15-9-3-1-8(2-4-9)12-5-10(17-21-12)6-13-16-11(7-20-13)14(18)19/h1-5,7H,6H2,(H,18,19). The van der Waals surface area contributed by atoms with Crippen molar-refractivity contribution in [3.63, 3.8) is 0 Å². The van der Waals surface area contributed by atoms with Crippen LogP contribution in [0.2, 0.25) is 0 Å². The Kier molecular flexibility index (Phi) is 3.23. The average Bonchev–Trinajstić information content (AvgIpc) is 3.10. The number of benzene rings is 1. The van der Waals surface area contributed by atoms with Gasteiger partial charge in [0.05, 0.1) is 12.1 Å². The van der Waals surface area contributed by atoms with Crippen LogP contribution in [0.25, 0.3) is 11.3 Å². The van der Waals surface area contributed by atoms with Gasteiger partial charge >= 0.3 is 5.97 Å². The third-order valence-corrected chi connectivity index (χ3v) is 2.79. The van der Waals surface area contributed by atoms with E-state index in [4.69, 9.17) is 14.0 Å². The first kappa shape index (κ1) is 13.0. The third-order valence-electron chi connectivity index (χ3n) is 2.79. The fourth-order valence-corrected chi connectivity index (χ4v) is 1.79. The van der Waals surface area contributed by atoms with Crippen LogP contribution in [0.15, 0.2) is 45.5 Å². The Balaban J connectivity index is 1.78. The van der Waals surface area contributed by atoms with Gasteiger partial charge in [-0.2, -0.15) is 0 Å². The Bertz CT molecular complexity index is 776. The van der Waals surface area contributed by atoms with Crippen molar-refractivity contribution in [3.8, 4) is 11.3 Å². The summed E-state index contributed by atoms with van der Waals surface area (Å²) in [4.78, 5) is 14.5. The fourth-order valence-electron chi connectivity index (χ4n) is 1.79. The second kappa shape index (κ2) is 5.20. The molecule has 0 aliphatic heterocycles. The lowest BCUT2D eigenvalue weighted by atomic mass is 10.1. The van der Waals surface area contributed by atoms with E-state index in [9.17, 15) is 9.18 Å². The summed E-state index contributed by atoms with van der Waals surface area (Å²) in [5.74, 6) is -0.780. The van der Waals surface area contributed by atoms with Crippen LogP contribution in [-0.4, -0.2) is 21.2 Å². The molecule has 2 heterocycles. The number of hydrogen-bond acceptors (Lipinski definition) is 5. The molecule has 7 heteroatoms. The molecule has 3 aromatic rings. The predicted molar refractivity (Wildman–Crippen MR) is 68.2 cm³/mol. The van der Waals surface area contributed by atoms with Crippen LogP contribution in [0.3, 0.4) is 0 Å². The Morgan fingerprint density at radius 3 is 2.71 bits per heavy atom. The van der Waals surface area contributed by atoms with Crippen molar-refractivity contribution in [2.24, 2.45) is 0 Å². The quantitative estimate of drug-likeness (QED) is 0.794. The summed E-state index contributed by atoms with van der Waals surface area (Å²) in [6.07, 6.45) is 1.27. The number of aromatic nitrogens is 2. The number of carboxylic acid groups (broad SMARTS) is 1. The summed E-state index contributed by atoms with van der Waals surface area (Å²) in [5.41, 5.74) is 1.06. The normalized spacial score (nSPS) is 10.7. The maximum atomic E-state index is 12.8. The van der Waals surface area contributed by atoms with E-state index in [1.54, 1.807) is 18.2 Å².